The van der Waals surface area contributed by atoms with Crippen molar-refractivity contribution in [2.75, 3.05) is 38.8 Å². The highest BCUT2D eigenvalue weighted by Gasteiger charge is 2.21. The summed E-state index contributed by atoms with van der Waals surface area (Å²) in [6.07, 6.45) is 6.23. The molecule has 100 valence electrons. The third kappa shape index (κ3) is 3.40. The van der Waals surface area contributed by atoms with E-state index in [2.05, 4.69) is 20.2 Å². The minimum absolute atomic E-state index is 0.601. The van der Waals surface area contributed by atoms with Gasteiger partial charge in [-0.1, -0.05) is 0 Å². The molecule has 18 heavy (non-hydrogen) atoms. The van der Waals surface area contributed by atoms with Gasteiger partial charge in [0.2, 0.25) is 5.95 Å². The van der Waals surface area contributed by atoms with Gasteiger partial charge in [0.25, 0.3) is 0 Å². The first-order valence-electron chi connectivity index (χ1n) is 6.53. The average Bonchev–Trinajstić information content (AvgIpc) is 2.41. The molecule has 1 fully saturated rings. The molecule has 0 saturated carbocycles. The highest BCUT2D eigenvalue weighted by Crippen LogP contribution is 2.20. The van der Waals surface area contributed by atoms with Crippen LogP contribution in [0.2, 0.25) is 0 Å². The minimum Gasteiger partial charge on any atom is -0.384 e. The van der Waals surface area contributed by atoms with Gasteiger partial charge in [0.1, 0.15) is 0 Å². The van der Waals surface area contributed by atoms with Gasteiger partial charge in [0, 0.05) is 44.7 Å². The molecule has 0 bridgehead atoms. The average molecular weight is 250 g/mol. The van der Waals surface area contributed by atoms with Gasteiger partial charge < -0.3 is 15.0 Å². The molecular weight excluding hydrogens is 228 g/mol. The monoisotopic (exact) mass is 250 g/mol. The molecule has 1 unspecified atom stereocenters. The van der Waals surface area contributed by atoms with Crippen molar-refractivity contribution in [2.45, 2.75) is 19.4 Å². The van der Waals surface area contributed by atoms with Crippen molar-refractivity contribution in [2.24, 2.45) is 5.92 Å². The molecule has 0 aliphatic carbocycles. The molecule has 0 spiro atoms. The predicted octanol–water partition coefficient (Wildman–Crippen LogP) is 1.06. The third-order valence-electron chi connectivity index (χ3n) is 3.28. The fourth-order valence-corrected chi connectivity index (χ4v) is 2.43. The number of hydrogen-bond acceptors (Lipinski definition) is 5. The van der Waals surface area contributed by atoms with Crippen molar-refractivity contribution in [3.8, 4) is 0 Å². The van der Waals surface area contributed by atoms with Gasteiger partial charge >= 0.3 is 0 Å². The van der Waals surface area contributed by atoms with Crippen LogP contribution in [0.15, 0.2) is 12.4 Å². The Kier molecular flexibility index (Phi) is 4.90. The number of nitrogens with zero attached hydrogens (tertiary/aromatic N) is 3. The first-order valence-corrected chi connectivity index (χ1v) is 6.53. The number of nitrogens with one attached hydrogen (secondary N) is 1. The first kappa shape index (κ1) is 13.2. The van der Waals surface area contributed by atoms with Crippen LogP contribution in [0.4, 0.5) is 5.95 Å². The van der Waals surface area contributed by atoms with Crippen molar-refractivity contribution in [3.05, 3.63) is 18.0 Å². The molecule has 0 amide bonds. The molecule has 1 aliphatic rings. The maximum absolute atomic E-state index is 5.24. The quantitative estimate of drug-likeness (QED) is 0.847. The molecule has 5 nitrogen and oxygen atoms in total. The molecule has 5 heteroatoms. The number of piperidine rings is 1. The molecular formula is C13H22N4O. The van der Waals surface area contributed by atoms with E-state index in [9.17, 15) is 0 Å². The summed E-state index contributed by atoms with van der Waals surface area (Å²) in [5, 5.41) is 3.10. The second kappa shape index (κ2) is 6.66. The van der Waals surface area contributed by atoms with Gasteiger partial charge in [-0.15, -0.1) is 0 Å². The Morgan fingerprint density at radius 1 is 1.44 bits per heavy atom. The summed E-state index contributed by atoms with van der Waals surface area (Å²) in [6.45, 7) is 3.69. The topological polar surface area (TPSA) is 50.3 Å². The lowest BCUT2D eigenvalue weighted by atomic mass is 9.99. The van der Waals surface area contributed by atoms with E-state index in [1.165, 1.54) is 12.8 Å². The van der Waals surface area contributed by atoms with Crippen LogP contribution < -0.4 is 10.2 Å². The second-order valence-electron chi connectivity index (χ2n) is 4.83. The molecule has 0 radical (unpaired) electrons. The van der Waals surface area contributed by atoms with Crippen molar-refractivity contribution in [3.63, 3.8) is 0 Å². The summed E-state index contributed by atoms with van der Waals surface area (Å²) in [5.74, 6) is 1.44. The van der Waals surface area contributed by atoms with Crippen LogP contribution in [0.1, 0.15) is 18.4 Å². The molecule has 1 aliphatic heterocycles. The SMILES string of the molecule is CNCc1cnc(N2CCCC(COC)C2)nc1. The summed E-state index contributed by atoms with van der Waals surface area (Å²) in [4.78, 5) is 11.2. The van der Waals surface area contributed by atoms with E-state index in [0.29, 0.717) is 5.92 Å². The Morgan fingerprint density at radius 2 is 2.22 bits per heavy atom. The molecule has 1 atom stereocenters. The smallest absolute Gasteiger partial charge is 0.225 e. The van der Waals surface area contributed by atoms with E-state index in [0.717, 1.165) is 37.8 Å². The van der Waals surface area contributed by atoms with Gasteiger partial charge in [-0.25, -0.2) is 9.97 Å². The Bertz CT molecular complexity index is 353. The summed E-state index contributed by atoms with van der Waals surface area (Å²) in [6, 6.07) is 0. The van der Waals surface area contributed by atoms with Gasteiger partial charge in [-0.3, -0.25) is 0 Å². The maximum atomic E-state index is 5.24. The first-order chi connectivity index (χ1) is 8.83. The van der Waals surface area contributed by atoms with Gasteiger partial charge in [-0.2, -0.15) is 0 Å². The third-order valence-corrected chi connectivity index (χ3v) is 3.28. The number of ether oxygens (including phenoxy) is 1. The van der Waals surface area contributed by atoms with E-state index < -0.39 is 0 Å². The van der Waals surface area contributed by atoms with E-state index in [1.54, 1.807) is 7.11 Å². The zero-order chi connectivity index (χ0) is 12.8. The normalized spacial score (nSPS) is 20.1. The van der Waals surface area contributed by atoms with E-state index in [4.69, 9.17) is 4.74 Å². The van der Waals surface area contributed by atoms with Gasteiger partial charge in [0.15, 0.2) is 0 Å². The van der Waals surface area contributed by atoms with E-state index in [-0.39, 0.29) is 0 Å². The van der Waals surface area contributed by atoms with Gasteiger partial charge in [-0.05, 0) is 25.8 Å². The fourth-order valence-electron chi connectivity index (χ4n) is 2.43. The number of methoxy groups -OCH3 is 1. The summed E-state index contributed by atoms with van der Waals surface area (Å²) in [5.41, 5.74) is 1.12. The van der Waals surface area contributed by atoms with Crippen LogP contribution in [0.5, 0.6) is 0 Å². The lowest BCUT2D eigenvalue weighted by molar-refractivity contribution is 0.143. The highest BCUT2D eigenvalue weighted by atomic mass is 16.5. The molecule has 1 aromatic rings. The van der Waals surface area contributed by atoms with Crippen LogP contribution in [0.3, 0.4) is 0 Å². The number of rotatable bonds is 5. The van der Waals surface area contributed by atoms with Crippen LogP contribution in [0, 0.1) is 5.92 Å². The lowest BCUT2D eigenvalue weighted by Crippen LogP contribution is -2.38. The summed E-state index contributed by atoms with van der Waals surface area (Å²) < 4.78 is 5.24. The molecule has 1 saturated heterocycles. The second-order valence-corrected chi connectivity index (χ2v) is 4.83. The Hall–Kier alpha value is -1.20. The number of hydrogen-bond donors (Lipinski definition) is 1. The number of anilines is 1. The van der Waals surface area contributed by atoms with Crippen LogP contribution in [-0.2, 0) is 11.3 Å². The van der Waals surface area contributed by atoms with Crippen molar-refractivity contribution in [1.29, 1.82) is 0 Å². The predicted molar refractivity (Wildman–Crippen MR) is 71.6 cm³/mol. The zero-order valence-corrected chi connectivity index (χ0v) is 11.2. The standard InChI is InChI=1S/C13H22N4O/c1-14-6-12-7-15-13(16-8-12)17-5-3-4-11(9-17)10-18-2/h7-8,11,14H,3-6,9-10H2,1-2H3. The molecule has 2 heterocycles. The van der Waals surface area contributed by atoms with E-state index in [1.807, 2.05) is 19.4 Å². The lowest BCUT2D eigenvalue weighted by Gasteiger charge is -2.32. The zero-order valence-electron chi connectivity index (χ0n) is 11.2. The van der Waals surface area contributed by atoms with Crippen molar-refractivity contribution < 1.29 is 4.74 Å². The van der Waals surface area contributed by atoms with Crippen LogP contribution in [0.25, 0.3) is 0 Å². The fraction of sp³-hybridized carbons (Fsp3) is 0.692. The Morgan fingerprint density at radius 3 is 2.89 bits per heavy atom. The summed E-state index contributed by atoms with van der Waals surface area (Å²) in [7, 11) is 3.69. The maximum Gasteiger partial charge on any atom is 0.225 e. The Balaban J connectivity index is 1.97. The van der Waals surface area contributed by atoms with Gasteiger partial charge in [0.05, 0.1) is 6.61 Å². The van der Waals surface area contributed by atoms with Crippen LogP contribution in [-0.4, -0.2) is 43.8 Å². The minimum atomic E-state index is 0.601. The molecule has 1 N–H and O–H groups in total. The number of aromatic nitrogens is 2. The van der Waals surface area contributed by atoms with Crippen LogP contribution >= 0.6 is 0 Å². The molecule has 2 rings (SSSR count). The molecule has 1 aromatic heterocycles. The summed E-state index contributed by atoms with van der Waals surface area (Å²) >= 11 is 0. The Labute approximate surface area is 109 Å². The highest BCUT2D eigenvalue weighted by molar-refractivity contribution is 5.30. The largest absolute Gasteiger partial charge is 0.384 e. The molecule has 0 aromatic carbocycles. The van der Waals surface area contributed by atoms with E-state index >= 15 is 0 Å². The van der Waals surface area contributed by atoms with Crippen molar-refractivity contribution >= 4 is 5.95 Å². The van der Waals surface area contributed by atoms with Crippen molar-refractivity contribution in [1.82, 2.24) is 15.3 Å².